The van der Waals surface area contributed by atoms with Crippen molar-refractivity contribution in [3.8, 4) is 5.75 Å². The Morgan fingerprint density at radius 3 is 2.45 bits per heavy atom. The standard InChI is InChI=1S/C26H32O12/c1-12-17(28)9-15-16(24(32)33)11-35-25(20(12)15)38-26-23(22(31)21(30)18(10-27)36-26)37-19(29)8-5-13-3-6-14(34-2)7-4-13/h3-8,11-12,15,17-18,20-23,25-28,30-31H,9-10H2,1-2H3,(H,32,33)/b8-5+/t12-,15+,17-,18-,20+,21+,22-,23+,25-,26+/m0/s1. The molecule has 1 saturated carbocycles. The highest BCUT2D eigenvalue weighted by molar-refractivity contribution is 5.87. The maximum Gasteiger partial charge on any atom is 0.334 e. The SMILES string of the molecule is COc1ccc(/C=C/C(=O)O[C@H]2[C@@H](O[C@@H]3OC=C(C(=O)O)[C@H]4C[C@H](O)[C@H](C)[C@@H]34)O[C@@H](CO)[C@@H](O)[C@@H]2O)cc1. The monoisotopic (exact) mass is 536 g/mol. The van der Waals surface area contributed by atoms with Crippen LogP contribution in [-0.4, -0.2) is 94.3 Å². The topological polar surface area (TPSA) is 181 Å². The summed E-state index contributed by atoms with van der Waals surface area (Å²) in [6, 6.07) is 6.86. The molecular weight excluding hydrogens is 504 g/mol. The van der Waals surface area contributed by atoms with Gasteiger partial charge in [-0.3, -0.25) is 0 Å². The van der Waals surface area contributed by atoms with E-state index >= 15 is 0 Å². The number of benzene rings is 1. The Hall–Kier alpha value is -3.00. The minimum Gasteiger partial charge on any atom is -0.497 e. The summed E-state index contributed by atoms with van der Waals surface area (Å²) in [5.74, 6) is -2.97. The second-order valence-corrected chi connectivity index (χ2v) is 9.58. The first-order chi connectivity index (χ1) is 18.1. The third-order valence-electron chi connectivity index (χ3n) is 7.34. The highest BCUT2D eigenvalue weighted by Gasteiger charge is 2.54. The zero-order valence-corrected chi connectivity index (χ0v) is 20.8. The van der Waals surface area contributed by atoms with Crippen LogP contribution in [0.1, 0.15) is 18.9 Å². The molecule has 0 spiro atoms. The van der Waals surface area contributed by atoms with Crippen molar-refractivity contribution in [1.29, 1.82) is 0 Å². The Labute approximate surface area is 218 Å². The van der Waals surface area contributed by atoms with Crippen LogP contribution in [0.5, 0.6) is 5.75 Å². The van der Waals surface area contributed by atoms with Crippen molar-refractivity contribution in [2.45, 2.75) is 56.4 Å². The maximum atomic E-state index is 12.6. The van der Waals surface area contributed by atoms with E-state index in [2.05, 4.69) is 0 Å². The van der Waals surface area contributed by atoms with Gasteiger partial charge in [-0.05, 0) is 36.1 Å². The average Bonchev–Trinajstić information content (AvgIpc) is 3.21. The molecule has 208 valence electrons. The number of aliphatic hydroxyl groups is 4. The van der Waals surface area contributed by atoms with Crippen LogP contribution < -0.4 is 4.74 Å². The van der Waals surface area contributed by atoms with E-state index in [9.17, 15) is 35.1 Å². The van der Waals surface area contributed by atoms with Gasteiger partial charge < -0.3 is 49.2 Å². The Balaban J connectivity index is 1.52. The second kappa shape index (κ2) is 11.8. The van der Waals surface area contributed by atoms with Crippen molar-refractivity contribution >= 4 is 18.0 Å². The molecule has 1 aliphatic carbocycles. The summed E-state index contributed by atoms with van der Waals surface area (Å²) in [7, 11) is 1.53. The average molecular weight is 537 g/mol. The highest BCUT2D eigenvalue weighted by atomic mass is 16.8. The molecule has 5 N–H and O–H groups in total. The van der Waals surface area contributed by atoms with Crippen molar-refractivity contribution in [2.24, 2.45) is 17.8 Å². The smallest absolute Gasteiger partial charge is 0.334 e. The van der Waals surface area contributed by atoms with Gasteiger partial charge in [0.2, 0.25) is 12.6 Å². The van der Waals surface area contributed by atoms with Crippen LogP contribution in [0.25, 0.3) is 6.08 Å². The van der Waals surface area contributed by atoms with Crippen LogP contribution in [0.4, 0.5) is 0 Å². The molecule has 3 aliphatic rings. The summed E-state index contributed by atoms with van der Waals surface area (Å²) in [5, 5.41) is 50.7. The number of hydrogen-bond acceptors (Lipinski definition) is 11. The minimum absolute atomic E-state index is 0.00171. The lowest BCUT2D eigenvalue weighted by molar-refractivity contribution is -0.343. The summed E-state index contributed by atoms with van der Waals surface area (Å²) in [5.41, 5.74) is 0.672. The quantitative estimate of drug-likeness (QED) is 0.222. The predicted octanol–water partition coefficient (Wildman–Crippen LogP) is 0.0337. The summed E-state index contributed by atoms with van der Waals surface area (Å²) < 4.78 is 27.6. The number of carbonyl (C=O) groups is 2. The van der Waals surface area contributed by atoms with Gasteiger partial charge in [0.1, 0.15) is 24.1 Å². The van der Waals surface area contributed by atoms with E-state index in [0.29, 0.717) is 11.3 Å². The summed E-state index contributed by atoms with van der Waals surface area (Å²) in [4.78, 5) is 24.3. The molecule has 2 aliphatic heterocycles. The third kappa shape index (κ3) is 5.70. The van der Waals surface area contributed by atoms with E-state index in [-0.39, 0.29) is 12.0 Å². The number of carboxylic acids is 1. The molecule has 4 rings (SSSR count). The van der Waals surface area contributed by atoms with Gasteiger partial charge in [-0.1, -0.05) is 19.1 Å². The van der Waals surface area contributed by atoms with Crippen LogP contribution in [-0.2, 0) is 28.5 Å². The van der Waals surface area contributed by atoms with Crippen LogP contribution in [0.15, 0.2) is 42.2 Å². The van der Waals surface area contributed by atoms with Crippen molar-refractivity contribution in [3.63, 3.8) is 0 Å². The fourth-order valence-electron chi connectivity index (χ4n) is 5.15. The van der Waals surface area contributed by atoms with Crippen LogP contribution in [0, 0.1) is 17.8 Å². The number of carboxylic acid groups (broad SMARTS) is 1. The summed E-state index contributed by atoms with van der Waals surface area (Å²) in [6.45, 7) is 1.07. The zero-order chi connectivity index (χ0) is 27.6. The molecule has 10 atom stereocenters. The van der Waals surface area contributed by atoms with Gasteiger partial charge in [-0.2, -0.15) is 0 Å². The second-order valence-electron chi connectivity index (χ2n) is 9.58. The Kier molecular flexibility index (Phi) is 8.71. The molecule has 0 bridgehead atoms. The Morgan fingerprint density at radius 1 is 1.11 bits per heavy atom. The molecule has 38 heavy (non-hydrogen) atoms. The molecular formula is C26H32O12. The van der Waals surface area contributed by atoms with Crippen molar-refractivity contribution in [3.05, 3.63) is 47.7 Å². The van der Waals surface area contributed by atoms with Gasteiger partial charge in [0.25, 0.3) is 0 Å². The normalized spacial score (nSPS) is 36.7. The highest BCUT2D eigenvalue weighted by Crippen LogP contribution is 2.47. The van der Waals surface area contributed by atoms with Gasteiger partial charge in [0, 0.05) is 17.9 Å². The number of esters is 1. The van der Waals surface area contributed by atoms with Gasteiger partial charge >= 0.3 is 11.9 Å². The molecule has 12 heteroatoms. The van der Waals surface area contributed by atoms with Crippen LogP contribution in [0.3, 0.4) is 0 Å². The first-order valence-corrected chi connectivity index (χ1v) is 12.2. The van der Waals surface area contributed by atoms with E-state index in [4.69, 9.17) is 23.7 Å². The molecule has 1 saturated heterocycles. The van der Waals surface area contributed by atoms with Crippen LogP contribution in [0.2, 0.25) is 0 Å². The van der Waals surface area contributed by atoms with Gasteiger partial charge in [0.15, 0.2) is 6.10 Å². The minimum atomic E-state index is -1.68. The third-order valence-corrected chi connectivity index (χ3v) is 7.34. The fourth-order valence-corrected chi connectivity index (χ4v) is 5.15. The van der Waals surface area contributed by atoms with E-state index in [1.165, 1.54) is 13.2 Å². The number of carbonyl (C=O) groups excluding carboxylic acids is 1. The molecule has 0 aromatic heterocycles. The lowest BCUT2D eigenvalue weighted by Gasteiger charge is -2.44. The number of rotatable bonds is 8. The van der Waals surface area contributed by atoms with Gasteiger partial charge in [0.05, 0.1) is 31.7 Å². The number of aliphatic hydroxyl groups excluding tert-OH is 4. The summed E-state index contributed by atoms with van der Waals surface area (Å²) >= 11 is 0. The van der Waals surface area contributed by atoms with Crippen LogP contribution >= 0.6 is 0 Å². The number of methoxy groups -OCH3 is 1. The lowest BCUT2D eigenvalue weighted by Crippen LogP contribution is -2.61. The molecule has 1 aromatic rings. The van der Waals surface area contributed by atoms with E-state index in [0.717, 1.165) is 12.3 Å². The molecule has 1 aromatic carbocycles. The first-order valence-electron chi connectivity index (χ1n) is 12.2. The van der Waals surface area contributed by atoms with E-state index in [1.807, 2.05) is 0 Å². The first kappa shape index (κ1) is 28.0. The zero-order valence-electron chi connectivity index (χ0n) is 20.8. The predicted molar refractivity (Wildman–Crippen MR) is 128 cm³/mol. The van der Waals surface area contributed by atoms with Gasteiger partial charge in [-0.15, -0.1) is 0 Å². The fraction of sp³-hybridized carbons (Fsp3) is 0.538. The molecule has 2 fully saturated rings. The molecule has 2 heterocycles. The number of hydrogen-bond donors (Lipinski definition) is 5. The Morgan fingerprint density at radius 2 is 1.82 bits per heavy atom. The summed E-state index contributed by atoms with van der Waals surface area (Å²) in [6.07, 6.45) is -5.61. The van der Waals surface area contributed by atoms with E-state index < -0.39 is 79.4 Å². The number of fused-ring (bicyclic) bond motifs is 1. The molecule has 0 radical (unpaired) electrons. The van der Waals surface area contributed by atoms with Crippen molar-refractivity contribution in [1.82, 2.24) is 0 Å². The lowest BCUT2D eigenvalue weighted by atomic mass is 9.83. The van der Waals surface area contributed by atoms with E-state index in [1.54, 1.807) is 31.2 Å². The maximum absolute atomic E-state index is 12.6. The molecule has 0 amide bonds. The number of aliphatic carboxylic acids is 1. The largest absolute Gasteiger partial charge is 0.497 e. The van der Waals surface area contributed by atoms with Crippen molar-refractivity contribution < 1.29 is 58.8 Å². The van der Waals surface area contributed by atoms with Gasteiger partial charge in [-0.25, -0.2) is 9.59 Å². The molecule has 12 nitrogen and oxygen atoms in total. The Bertz CT molecular complexity index is 1050. The van der Waals surface area contributed by atoms with Crippen molar-refractivity contribution in [2.75, 3.05) is 13.7 Å². The molecule has 0 unspecified atom stereocenters. The number of ether oxygens (including phenoxy) is 5.